The van der Waals surface area contributed by atoms with E-state index in [-0.39, 0.29) is 17.5 Å². The molecule has 3 rings (SSSR count). The topological polar surface area (TPSA) is 58.2 Å². The van der Waals surface area contributed by atoms with Crippen molar-refractivity contribution in [2.24, 2.45) is 0 Å². The van der Waals surface area contributed by atoms with Gasteiger partial charge < -0.3 is 10.6 Å². The second-order valence-corrected chi connectivity index (χ2v) is 6.66. The monoisotopic (exact) mass is 396 g/mol. The van der Waals surface area contributed by atoms with Crippen LogP contribution in [0.25, 0.3) is 6.08 Å². The van der Waals surface area contributed by atoms with Gasteiger partial charge in [0, 0.05) is 12.1 Å². The summed E-state index contributed by atoms with van der Waals surface area (Å²) < 4.78 is 0. The van der Waals surface area contributed by atoms with Crippen LogP contribution in [0.15, 0.2) is 109 Å². The molecule has 2 N–H and O–H groups in total. The van der Waals surface area contributed by atoms with Gasteiger partial charge in [0.25, 0.3) is 11.8 Å². The highest BCUT2D eigenvalue weighted by molar-refractivity contribution is 6.03. The zero-order valence-electron chi connectivity index (χ0n) is 16.6. The number of amides is 2. The maximum absolute atomic E-state index is 12.7. The molecule has 30 heavy (non-hydrogen) atoms. The summed E-state index contributed by atoms with van der Waals surface area (Å²) in [5.74, 6) is -0.652. The van der Waals surface area contributed by atoms with Crippen molar-refractivity contribution in [3.05, 3.63) is 126 Å². The Morgan fingerprint density at radius 2 is 1.37 bits per heavy atom. The quantitative estimate of drug-likeness (QED) is 0.439. The predicted octanol–water partition coefficient (Wildman–Crippen LogP) is 4.37. The van der Waals surface area contributed by atoms with Crippen LogP contribution in [0.1, 0.15) is 21.5 Å². The van der Waals surface area contributed by atoms with Crippen LogP contribution in [0.3, 0.4) is 0 Å². The molecule has 0 aliphatic rings. The van der Waals surface area contributed by atoms with E-state index in [1.807, 2.05) is 72.8 Å². The maximum atomic E-state index is 12.7. The van der Waals surface area contributed by atoms with Crippen LogP contribution in [0.4, 0.5) is 0 Å². The highest BCUT2D eigenvalue weighted by atomic mass is 16.2. The normalized spacial score (nSPS) is 11.3. The molecule has 0 bridgehead atoms. The SMILES string of the molecule is O=C(NCCc1ccccc1)/C(=C\C=C/c1ccccc1)NC(=O)c1ccccc1. The van der Waals surface area contributed by atoms with E-state index in [0.29, 0.717) is 18.5 Å². The molecular formula is C26H24N2O2. The van der Waals surface area contributed by atoms with Crippen LogP contribution in [0, 0.1) is 0 Å². The summed E-state index contributed by atoms with van der Waals surface area (Å²) >= 11 is 0. The molecule has 2 amide bonds. The van der Waals surface area contributed by atoms with E-state index < -0.39 is 0 Å². The van der Waals surface area contributed by atoms with E-state index in [4.69, 9.17) is 0 Å². The lowest BCUT2D eigenvalue weighted by atomic mass is 10.1. The molecule has 0 aliphatic carbocycles. The smallest absolute Gasteiger partial charge is 0.267 e. The average molecular weight is 396 g/mol. The van der Waals surface area contributed by atoms with Gasteiger partial charge in [0.15, 0.2) is 0 Å². The van der Waals surface area contributed by atoms with E-state index in [1.165, 1.54) is 0 Å². The molecule has 0 unspecified atom stereocenters. The Kier molecular flexibility index (Phi) is 7.75. The zero-order chi connectivity index (χ0) is 21.0. The molecule has 0 radical (unpaired) electrons. The Hall–Kier alpha value is -3.92. The van der Waals surface area contributed by atoms with Crippen LogP contribution in [0.2, 0.25) is 0 Å². The second-order valence-electron chi connectivity index (χ2n) is 6.66. The van der Waals surface area contributed by atoms with Crippen LogP contribution < -0.4 is 10.6 Å². The number of carbonyl (C=O) groups excluding carboxylic acids is 2. The largest absolute Gasteiger partial charge is 0.350 e. The Morgan fingerprint density at radius 1 is 0.767 bits per heavy atom. The number of benzene rings is 3. The van der Waals surface area contributed by atoms with E-state index in [1.54, 1.807) is 36.4 Å². The molecule has 0 saturated carbocycles. The summed E-state index contributed by atoms with van der Waals surface area (Å²) in [4.78, 5) is 25.2. The van der Waals surface area contributed by atoms with E-state index in [9.17, 15) is 9.59 Å². The fraction of sp³-hybridized carbons (Fsp3) is 0.0769. The van der Waals surface area contributed by atoms with Crippen molar-refractivity contribution < 1.29 is 9.59 Å². The van der Waals surface area contributed by atoms with Crippen molar-refractivity contribution in [1.82, 2.24) is 10.6 Å². The molecule has 0 aliphatic heterocycles. The lowest BCUT2D eigenvalue weighted by Crippen LogP contribution is -2.35. The first kappa shape index (κ1) is 20.8. The number of nitrogens with one attached hydrogen (secondary N) is 2. The van der Waals surface area contributed by atoms with Crippen molar-refractivity contribution in [2.45, 2.75) is 6.42 Å². The molecule has 0 atom stereocenters. The maximum Gasteiger partial charge on any atom is 0.267 e. The minimum atomic E-state index is -0.326. The van der Waals surface area contributed by atoms with Crippen LogP contribution >= 0.6 is 0 Å². The summed E-state index contributed by atoms with van der Waals surface area (Å²) in [7, 11) is 0. The van der Waals surface area contributed by atoms with E-state index in [0.717, 1.165) is 11.1 Å². The molecule has 3 aromatic carbocycles. The van der Waals surface area contributed by atoms with Gasteiger partial charge in [-0.3, -0.25) is 9.59 Å². The molecule has 0 spiro atoms. The fourth-order valence-electron chi connectivity index (χ4n) is 2.84. The number of rotatable bonds is 8. The minimum absolute atomic E-state index is 0.198. The third kappa shape index (κ3) is 6.60. The molecule has 0 aromatic heterocycles. The Balaban J connectivity index is 1.68. The number of allylic oxidation sites excluding steroid dienone is 2. The zero-order valence-corrected chi connectivity index (χ0v) is 16.6. The Labute approximate surface area is 177 Å². The molecule has 0 saturated heterocycles. The van der Waals surface area contributed by atoms with Crippen LogP contribution in [0.5, 0.6) is 0 Å². The lowest BCUT2D eigenvalue weighted by Gasteiger charge is -2.10. The highest BCUT2D eigenvalue weighted by Gasteiger charge is 2.13. The Morgan fingerprint density at radius 3 is 2.03 bits per heavy atom. The molecular weight excluding hydrogens is 372 g/mol. The van der Waals surface area contributed by atoms with Crippen molar-refractivity contribution in [3.8, 4) is 0 Å². The van der Waals surface area contributed by atoms with Gasteiger partial charge in [-0.2, -0.15) is 0 Å². The van der Waals surface area contributed by atoms with Gasteiger partial charge in [-0.15, -0.1) is 0 Å². The molecule has 3 aromatic rings. The average Bonchev–Trinajstić information content (AvgIpc) is 2.80. The van der Waals surface area contributed by atoms with Gasteiger partial charge in [0.1, 0.15) is 5.70 Å². The van der Waals surface area contributed by atoms with Crippen molar-refractivity contribution in [1.29, 1.82) is 0 Å². The van der Waals surface area contributed by atoms with Gasteiger partial charge in [0.05, 0.1) is 0 Å². The fourth-order valence-corrected chi connectivity index (χ4v) is 2.84. The summed E-state index contributed by atoms with van der Waals surface area (Å²) in [6.45, 7) is 0.476. The standard InChI is InChI=1S/C26H24N2O2/c29-25(23-16-8-3-9-17-23)28-24(18-10-15-21-11-4-1-5-12-21)26(30)27-20-19-22-13-6-2-7-14-22/h1-18H,19-20H2,(H,27,30)(H,28,29)/b15-10-,24-18+. The summed E-state index contributed by atoms with van der Waals surface area (Å²) in [5.41, 5.74) is 2.84. The minimum Gasteiger partial charge on any atom is -0.350 e. The molecule has 4 heteroatoms. The van der Waals surface area contributed by atoms with Crippen LogP contribution in [-0.2, 0) is 11.2 Å². The molecule has 0 fully saturated rings. The van der Waals surface area contributed by atoms with E-state index >= 15 is 0 Å². The predicted molar refractivity (Wildman–Crippen MR) is 121 cm³/mol. The van der Waals surface area contributed by atoms with Gasteiger partial charge in [-0.05, 0) is 35.8 Å². The van der Waals surface area contributed by atoms with Crippen LogP contribution in [-0.4, -0.2) is 18.4 Å². The summed E-state index contributed by atoms with van der Waals surface area (Å²) in [5, 5.41) is 5.61. The second kappa shape index (κ2) is 11.2. The van der Waals surface area contributed by atoms with E-state index in [2.05, 4.69) is 10.6 Å². The van der Waals surface area contributed by atoms with Gasteiger partial charge >= 0.3 is 0 Å². The highest BCUT2D eigenvalue weighted by Crippen LogP contribution is 2.04. The van der Waals surface area contributed by atoms with Gasteiger partial charge in [-0.25, -0.2) is 0 Å². The molecule has 0 heterocycles. The lowest BCUT2D eigenvalue weighted by molar-refractivity contribution is -0.117. The number of hydrogen-bond acceptors (Lipinski definition) is 2. The Bertz CT molecular complexity index is 1010. The summed E-state index contributed by atoms with van der Waals surface area (Å²) in [6, 6.07) is 28.5. The van der Waals surface area contributed by atoms with Gasteiger partial charge in [-0.1, -0.05) is 91.0 Å². The number of carbonyl (C=O) groups is 2. The van der Waals surface area contributed by atoms with Crippen molar-refractivity contribution >= 4 is 17.9 Å². The first-order valence-corrected chi connectivity index (χ1v) is 9.84. The van der Waals surface area contributed by atoms with Gasteiger partial charge in [0.2, 0.25) is 0 Å². The third-order valence-electron chi connectivity index (χ3n) is 4.42. The van der Waals surface area contributed by atoms with Crippen molar-refractivity contribution in [2.75, 3.05) is 6.54 Å². The number of hydrogen-bond donors (Lipinski definition) is 2. The summed E-state index contributed by atoms with van der Waals surface area (Å²) in [6.07, 6.45) is 5.97. The molecule has 150 valence electrons. The molecule has 4 nitrogen and oxygen atoms in total. The van der Waals surface area contributed by atoms with Crippen molar-refractivity contribution in [3.63, 3.8) is 0 Å². The first-order valence-electron chi connectivity index (χ1n) is 9.84. The first-order chi connectivity index (χ1) is 14.7. The third-order valence-corrected chi connectivity index (χ3v) is 4.42.